The average molecular weight is 271 g/mol. The Labute approximate surface area is 114 Å². The van der Waals surface area contributed by atoms with Crippen molar-refractivity contribution in [2.24, 2.45) is 0 Å². The molecule has 8 nitrogen and oxygen atoms in total. The highest BCUT2D eigenvalue weighted by atomic mass is 16.5. The lowest BCUT2D eigenvalue weighted by Gasteiger charge is -2.23. The fraction of sp³-hybridized carbons (Fsp3) is 0.333. The molecule has 0 saturated carbocycles. The van der Waals surface area contributed by atoms with Crippen LogP contribution in [0.15, 0.2) is 24.8 Å². The van der Waals surface area contributed by atoms with Crippen molar-refractivity contribution in [3.05, 3.63) is 30.5 Å². The third kappa shape index (κ3) is 1.86. The first-order chi connectivity index (χ1) is 9.92. The summed E-state index contributed by atoms with van der Waals surface area (Å²) in [5.74, 6) is 0.510. The molecule has 102 valence electrons. The highest BCUT2D eigenvalue weighted by molar-refractivity contribution is 5.73. The van der Waals surface area contributed by atoms with Crippen LogP contribution in [0, 0.1) is 0 Å². The van der Waals surface area contributed by atoms with E-state index in [2.05, 4.69) is 30.4 Å². The summed E-state index contributed by atoms with van der Waals surface area (Å²) < 4.78 is 7.40. The predicted octanol–water partition coefficient (Wildman–Crippen LogP) is 0.199. The third-order valence-electron chi connectivity index (χ3n) is 3.24. The summed E-state index contributed by atoms with van der Waals surface area (Å²) in [6, 6.07) is 1.83. The molecule has 0 spiro atoms. The normalized spacial score (nSPS) is 19.5. The van der Waals surface area contributed by atoms with Gasteiger partial charge in [0.2, 0.25) is 0 Å². The van der Waals surface area contributed by atoms with Crippen molar-refractivity contribution in [3.63, 3.8) is 0 Å². The molecule has 1 saturated heterocycles. The lowest BCUT2D eigenvalue weighted by molar-refractivity contribution is 0.0258. The zero-order valence-electron chi connectivity index (χ0n) is 10.7. The van der Waals surface area contributed by atoms with E-state index in [-0.39, 0.29) is 6.10 Å². The number of hydrogen-bond donors (Lipinski definition) is 2. The minimum Gasteiger partial charge on any atom is -0.369 e. The van der Waals surface area contributed by atoms with Gasteiger partial charge < -0.3 is 15.0 Å². The Kier molecular flexibility index (Phi) is 2.68. The summed E-state index contributed by atoms with van der Waals surface area (Å²) in [6.07, 6.45) is 5.00. The highest BCUT2D eigenvalue weighted by Crippen LogP contribution is 2.23. The third-order valence-corrected chi connectivity index (χ3v) is 3.24. The number of ether oxygens (including phenoxy) is 1. The Morgan fingerprint density at radius 2 is 2.35 bits per heavy atom. The van der Waals surface area contributed by atoms with Crippen molar-refractivity contribution < 1.29 is 4.74 Å². The molecule has 0 amide bonds. The summed E-state index contributed by atoms with van der Waals surface area (Å²) in [5, 5.41) is 7.46. The fourth-order valence-corrected chi connectivity index (χ4v) is 2.30. The first-order valence-electron chi connectivity index (χ1n) is 6.45. The Bertz CT molecular complexity index is 715. The van der Waals surface area contributed by atoms with E-state index in [1.165, 1.54) is 0 Å². The number of nitrogens with zero attached hydrogens (tertiary/aromatic N) is 5. The number of morpholine rings is 1. The zero-order chi connectivity index (χ0) is 13.4. The van der Waals surface area contributed by atoms with Crippen molar-refractivity contribution in [2.75, 3.05) is 19.7 Å². The zero-order valence-corrected chi connectivity index (χ0v) is 10.7. The van der Waals surface area contributed by atoms with Crippen LogP contribution in [-0.4, -0.2) is 49.4 Å². The van der Waals surface area contributed by atoms with Gasteiger partial charge in [0.15, 0.2) is 5.65 Å². The van der Waals surface area contributed by atoms with E-state index in [1.54, 1.807) is 23.4 Å². The van der Waals surface area contributed by atoms with E-state index in [4.69, 9.17) is 4.74 Å². The molecule has 3 aromatic rings. The number of H-pyrrole nitrogens is 1. The predicted molar refractivity (Wildman–Crippen MR) is 70.4 cm³/mol. The van der Waals surface area contributed by atoms with Gasteiger partial charge in [0.25, 0.3) is 5.95 Å². The number of fused-ring (bicyclic) bond motifs is 1. The van der Waals surface area contributed by atoms with Crippen LogP contribution in [0.3, 0.4) is 0 Å². The Morgan fingerprint density at radius 1 is 1.35 bits per heavy atom. The molecule has 0 aliphatic carbocycles. The lowest BCUT2D eigenvalue weighted by Crippen LogP contribution is -2.34. The summed E-state index contributed by atoms with van der Waals surface area (Å²) in [5.41, 5.74) is 2.22. The number of rotatable bonds is 2. The van der Waals surface area contributed by atoms with Gasteiger partial charge in [0.05, 0.1) is 12.9 Å². The van der Waals surface area contributed by atoms with E-state index < -0.39 is 0 Å². The van der Waals surface area contributed by atoms with Gasteiger partial charge in [-0.2, -0.15) is 10.1 Å². The largest absolute Gasteiger partial charge is 0.369 e. The van der Waals surface area contributed by atoms with Gasteiger partial charge in [-0.1, -0.05) is 0 Å². The van der Waals surface area contributed by atoms with Crippen molar-refractivity contribution >= 4 is 11.2 Å². The van der Waals surface area contributed by atoms with Gasteiger partial charge in [-0.05, 0) is 6.07 Å². The molecule has 1 fully saturated rings. The molecule has 4 heterocycles. The number of nitrogens with one attached hydrogen (secondary N) is 2. The number of hydrogen-bond acceptors (Lipinski definition) is 6. The first-order valence-corrected chi connectivity index (χ1v) is 6.45. The molecule has 1 unspecified atom stereocenters. The second-order valence-corrected chi connectivity index (χ2v) is 4.52. The van der Waals surface area contributed by atoms with Crippen LogP contribution in [0.5, 0.6) is 0 Å². The fourth-order valence-electron chi connectivity index (χ4n) is 2.30. The smallest absolute Gasteiger partial charge is 0.252 e. The van der Waals surface area contributed by atoms with Crippen molar-refractivity contribution in [3.8, 4) is 5.95 Å². The van der Waals surface area contributed by atoms with Crippen LogP contribution in [0.25, 0.3) is 17.1 Å². The maximum absolute atomic E-state index is 5.78. The number of imidazole rings is 1. The van der Waals surface area contributed by atoms with Gasteiger partial charge >= 0.3 is 0 Å². The van der Waals surface area contributed by atoms with Crippen molar-refractivity contribution in [2.45, 2.75) is 6.10 Å². The molecule has 0 aromatic carbocycles. The molecule has 8 heteroatoms. The van der Waals surface area contributed by atoms with Crippen LogP contribution >= 0.6 is 0 Å². The molecule has 1 aliphatic rings. The van der Waals surface area contributed by atoms with Crippen LogP contribution in [0.4, 0.5) is 0 Å². The summed E-state index contributed by atoms with van der Waals surface area (Å²) in [7, 11) is 0. The Balaban J connectivity index is 1.86. The maximum Gasteiger partial charge on any atom is 0.252 e. The molecular formula is C12H13N7O. The van der Waals surface area contributed by atoms with E-state index >= 15 is 0 Å². The molecule has 1 atom stereocenters. The van der Waals surface area contributed by atoms with E-state index in [0.29, 0.717) is 18.2 Å². The van der Waals surface area contributed by atoms with Crippen molar-refractivity contribution in [1.29, 1.82) is 0 Å². The van der Waals surface area contributed by atoms with Gasteiger partial charge in [-0.3, -0.25) is 0 Å². The second kappa shape index (κ2) is 4.66. The van der Waals surface area contributed by atoms with E-state index in [1.807, 2.05) is 6.07 Å². The average Bonchev–Trinajstić information content (AvgIpc) is 3.18. The number of aromatic nitrogens is 6. The molecular weight excluding hydrogens is 258 g/mol. The van der Waals surface area contributed by atoms with Crippen molar-refractivity contribution in [1.82, 2.24) is 35.0 Å². The van der Waals surface area contributed by atoms with Crippen LogP contribution in [0.1, 0.15) is 11.8 Å². The topological polar surface area (TPSA) is 93.5 Å². The summed E-state index contributed by atoms with van der Waals surface area (Å²) in [6.45, 7) is 2.24. The van der Waals surface area contributed by atoms with E-state index in [0.717, 1.165) is 24.3 Å². The van der Waals surface area contributed by atoms with Crippen LogP contribution in [0.2, 0.25) is 0 Å². The van der Waals surface area contributed by atoms with Gasteiger partial charge in [0.1, 0.15) is 17.3 Å². The first kappa shape index (κ1) is 11.5. The Morgan fingerprint density at radius 3 is 3.15 bits per heavy atom. The summed E-state index contributed by atoms with van der Waals surface area (Å²) >= 11 is 0. The highest BCUT2D eigenvalue weighted by Gasteiger charge is 2.23. The monoisotopic (exact) mass is 271 g/mol. The maximum atomic E-state index is 5.78. The molecule has 0 bridgehead atoms. The SMILES string of the molecule is c1cnn(-c2nc(C3CNCCO3)c3nc[nH]c3n2)c1. The minimum atomic E-state index is -0.119. The lowest BCUT2D eigenvalue weighted by atomic mass is 10.2. The van der Waals surface area contributed by atoms with E-state index in [9.17, 15) is 0 Å². The quantitative estimate of drug-likeness (QED) is 0.691. The van der Waals surface area contributed by atoms with Gasteiger partial charge in [0, 0.05) is 25.5 Å². The molecule has 3 aromatic heterocycles. The van der Waals surface area contributed by atoms with Gasteiger partial charge in [-0.25, -0.2) is 14.6 Å². The number of aromatic amines is 1. The Hall–Kier alpha value is -2.32. The molecule has 4 rings (SSSR count). The molecule has 0 radical (unpaired) electrons. The molecule has 1 aliphatic heterocycles. The van der Waals surface area contributed by atoms with Gasteiger partial charge in [-0.15, -0.1) is 0 Å². The second-order valence-electron chi connectivity index (χ2n) is 4.52. The molecule has 20 heavy (non-hydrogen) atoms. The molecule has 2 N–H and O–H groups in total. The minimum absolute atomic E-state index is 0.119. The summed E-state index contributed by atoms with van der Waals surface area (Å²) in [4.78, 5) is 16.3. The standard InChI is InChI=1S/C12H13N7O/c1-2-16-19(4-1)12-17-9(8-6-13-3-5-20-8)10-11(18-12)15-7-14-10/h1-2,4,7-8,13H,3,5-6H2,(H,14,15,17,18). The van der Waals surface area contributed by atoms with Crippen LogP contribution in [-0.2, 0) is 4.74 Å². The van der Waals surface area contributed by atoms with Crippen LogP contribution < -0.4 is 5.32 Å².